The van der Waals surface area contributed by atoms with Gasteiger partial charge in [0.1, 0.15) is 17.6 Å². The lowest BCUT2D eigenvalue weighted by atomic mass is 10.0. The van der Waals surface area contributed by atoms with E-state index in [1.54, 1.807) is 38.1 Å². The first-order chi connectivity index (χ1) is 13.6. The predicted octanol–water partition coefficient (Wildman–Crippen LogP) is -0.107. The molecule has 1 fully saturated rings. The minimum Gasteiger partial charge on any atom is -0.435 e. The number of cyclic esters (lactones) is 1. The molecule has 1 aromatic carbocycles. The summed E-state index contributed by atoms with van der Waals surface area (Å²) >= 11 is 0. The Bertz CT molecular complexity index is 909. The van der Waals surface area contributed by atoms with Crippen molar-refractivity contribution in [1.29, 1.82) is 0 Å². The minimum absolute atomic E-state index is 0.102. The van der Waals surface area contributed by atoms with Gasteiger partial charge < -0.3 is 30.6 Å². The largest absolute Gasteiger partial charge is 0.435 e. The first-order valence-electron chi connectivity index (χ1n) is 9.28. The molecule has 5 N–H and O–H groups in total. The summed E-state index contributed by atoms with van der Waals surface area (Å²) in [4.78, 5) is 40.6. The molecular weight excluding hydrogens is 380 g/mol. The van der Waals surface area contributed by atoms with Crippen LogP contribution in [0.15, 0.2) is 28.7 Å². The van der Waals surface area contributed by atoms with Crippen molar-refractivity contribution in [1.82, 2.24) is 15.6 Å². The van der Waals surface area contributed by atoms with Crippen LogP contribution in [-0.2, 0) is 24.9 Å². The van der Waals surface area contributed by atoms with Crippen LogP contribution < -0.4 is 16.4 Å². The third kappa shape index (κ3) is 4.08. The molecule has 3 rings (SSSR count). The smallest absolute Gasteiger partial charge is 0.311 e. The molecule has 10 nitrogen and oxygen atoms in total. The molecule has 4 unspecified atom stereocenters. The zero-order chi connectivity index (χ0) is 21.3. The lowest BCUT2D eigenvalue weighted by Gasteiger charge is -2.26. The molecule has 4 atom stereocenters. The molecule has 2 heterocycles. The topological polar surface area (TPSA) is 157 Å². The fourth-order valence-corrected chi connectivity index (χ4v) is 2.93. The van der Waals surface area contributed by atoms with Crippen molar-refractivity contribution >= 4 is 28.9 Å². The molecule has 1 aromatic heterocycles. The molecule has 2 amide bonds. The van der Waals surface area contributed by atoms with Gasteiger partial charge >= 0.3 is 11.8 Å². The van der Waals surface area contributed by atoms with Gasteiger partial charge in [0.2, 0.25) is 11.8 Å². The third-order valence-corrected chi connectivity index (χ3v) is 4.80. The van der Waals surface area contributed by atoms with Crippen LogP contribution in [0.2, 0.25) is 0 Å². The second-order valence-corrected chi connectivity index (χ2v) is 7.42. The van der Waals surface area contributed by atoms with Crippen LogP contribution in [0, 0.1) is 5.92 Å². The number of ether oxygens (including phenoxy) is 1. The molecule has 1 saturated heterocycles. The highest BCUT2D eigenvalue weighted by atomic mass is 16.7. The highest BCUT2D eigenvalue weighted by molar-refractivity contribution is 5.90. The summed E-state index contributed by atoms with van der Waals surface area (Å²) in [5.74, 6) is -4.42. The number of aromatic nitrogens is 1. The van der Waals surface area contributed by atoms with Crippen molar-refractivity contribution in [3.63, 3.8) is 0 Å². The molecule has 1 aliphatic rings. The van der Waals surface area contributed by atoms with Crippen LogP contribution >= 0.6 is 0 Å². The van der Waals surface area contributed by atoms with Gasteiger partial charge in [-0.05, 0) is 25.0 Å². The average molecular weight is 404 g/mol. The van der Waals surface area contributed by atoms with Crippen molar-refractivity contribution in [2.24, 2.45) is 11.7 Å². The number of carbonyl (C=O) groups is 3. The third-order valence-electron chi connectivity index (χ3n) is 4.80. The van der Waals surface area contributed by atoms with Gasteiger partial charge in [-0.15, -0.1) is 0 Å². The number of benzene rings is 1. The highest BCUT2D eigenvalue weighted by Crippen LogP contribution is 2.35. The Kier molecular flexibility index (Phi) is 5.58. The summed E-state index contributed by atoms with van der Waals surface area (Å²) in [5, 5.41) is 16.0. The molecule has 2 aromatic rings. The van der Waals surface area contributed by atoms with E-state index in [1.165, 1.54) is 6.92 Å². The first-order valence-corrected chi connectivity index (χ1v) is 9.28. The predicted molar refractivity (Wildman–Crippen MR) is 101 cm³/mol. The summed E-state index contributed by atoms with van der Waals surface area (Å²) in [5.41, 5.74) is 6.64. The zero-order valence-electron chi connectivity index (χ0n) is 16.3. The summed E-state index contributed by atoms with van der Waals surface area (Å²) in [7, 11) is 0. The van der Waals surface area contributed by atoms with E-state index in [9.17, 15) is 19.5 Å². The van der Waals surface area contributed by atoms with Gasteiger partial charge in [0.05, 0.1) is 12.5 Å². The van der Waals surface area contributed by atoms with E-state index in [0.717, 1.165) is 0 Å². The number of para-hydroxylation sites is 2. The van der Waals surface area contributed by atoms with E-state index < -0.39 is 41.7 Å². The molecule has 0 saturated carbocycles. The molecule has 29 heavy (non-hydrogen) atoms. The van der Waals surface area contributed by atoms with E-state index in [2.05, 4.69) is 15.6 Å². The number of carbonyl (C=O) groups excluding carboxylic acids is 3. The van der Waals surface area contributed by atoms with Gasteiger partial charge in [-0.25, -0.2) is 4.98 Å². The van der Waals surface area contributed by atoms with E-state index >= 15 is 0 Å². The highest BCUT2D eigenvalue weighted by Gasteiger charge is 2.54. The second kappa shape index (κ2) is 7.80. The fraction of sp³-hybridized carbons (Fsp3) is 0.474. The maximum absolute atomic E-state index is 12.5. The minimum atomic E-state index is -2.26. The number of esters is 1. The van der Waals surface area contributed by atoms with Crippen molar-refractivity contribution < 1.29 is 28.6 Å². The summed E-state index contributed by atoms with van der Waals surface area (Å²) in [6.45, 7) is 5.05. The number of rotatable bonds is 6. The van der Waals surface area contributed by atoms with Gasteiger partial charge in [-0.2, -0.15) is 0 Å². The lowest BCUT2D eigenvalue weighted by Crippen LogP contribution is -2.55. The van der Waals surface area contributed by atoms with Crippen LogP contribution in [-0.4, -0.2) is 46.0 Å². The maximum atomic E-state index is 12.5. The molecule has 0 bridgehead atoms. The van der Waals surface area contributed by atoms with Gasteiger partial charge in [0.25, 0.3) is 5.89 Å². The van der Waals surface area contributed by atoms with Gasteiger partial charge in [-0.3, -0.25) is 14.4 Å². The standard InChI is InChI=1S/C19H24N4O6/c1-9(2)15(20)17(26)21-10(3)16(25)23-13-8-14(24)29-19(13,27)18-22-11-6-4-5-7-12(11)28-18/h4-7,9-10,13,15,27H,8,20H2,1-3H3,(H,21,26)(H,23,25). The maximum Gasteiger partial charge on any atom is 0.311 e. The number of fused-ring (bicyclic) bond motifs is 1. The number of nitrogens with zero attached hydrogens (tertiary/aromatic N) is 1. The Morgan fingerprint density at radius 2 is 1.97 bits per heavy atom. The van der Waals surface area contributed by atoms with Crippen LogP contribution in [0.1, 0.15) is 33.1 Å². The van der Waals surface area contributed by atoms with Gasteiger partial charge in [0.15, 0.2) is 5.58 Å². The number of aliphatic hydroxyl groups is 1. The molecular formula is C19H24N4O6. The van der Waals surface area contributed by atoms with Crippen LogP contribution in [0.5, 0.6) is 0 Å². The summed E-state index contributed by atoms with van der Waals surface area (Å²) in [6.07, 6.45) is -0.285. The molecule has 0 radical (unpaired) electrons. The summed E-state index contributed by atoms with van der Waals surface area (Å²) in [6, 6.07) is 3.93. The summed E-state index contributed by atoms with van der Waals surface area (Å²) < 4.78 is 10.6. The number of oxazole rings is 1. The lowest BCUT2D eigenvalue weighted by molar-refractivity contribution is -0.210. The van der Waals surface area contributed by atoms with Crippen LogP contribution in [0.3, 0.4) is 0 Å². The Hall–Kier alpha value is -2.98. The normalized spacial score (nSPS) is 23.7. The Labute approximate surface area is 166 Å². The SMILES string of the molecule is CC(NC(=O)C(N)C(C)C)C(=O)NC1CC(=O)OC1(O)c1nc2ccccc2o1. The van der Waals surface area contributed by atoms with Crippen LogP contribution in [0.25, 0.3) is 11.1 Å². The van der Waals surface area contributed by atoms with Crippen molar-refractivity contribution in [3.05, 3.63) is 30.2 Å². The Balaban J connectivity index is 1.75. The van der Waals surface area contributed by atoms with Crippen LogP contribution in [0.4, 0.5) is 0 Å². The zero-order valence-corrected chi connectivity index (χ0v) is 16.3. The fourth-order valence-electron chi connectivity index (χ4n) is 2.93. The van der Waals surface area contributed by atoms with Crippen molar-refractivity contribution in [3.8, 4) is 0 Å². The molecule has 156 valence electrons. The monoisotopic (exact) mass is 404 g/mol. The van der Waals surface area contributed by atoms with Crippen molar-refractivity contribution in [2.45, 2.75) is 51.1 Å². The molecule has 0 spiro atoms. The number of amides is 2. The molecule has 0 aliphatic carbocycles. The van der Waals surface area contributed by atoms with E-state index in [1.807, 2.05) is 0 Å². The van der Waals surface area contributed by atoms with E-state index in [-0.39, 0.29) is 18.2 Å². The Morgan fingerprint density at radius 1 is 1.28 bits per heavy atom. The van der Waals surface area contributed by atoms with Gasteiger partial charge in [-0.1, -0.05) is 26.0 Å². The Morgan fingerprint density at radius 3 is 2.62 bits per heavy atom. The number of nitrogens with one attached hydrogen (secondary N) is 2. The first kappa shape index (κ1) is 20.7. The quantitative estimate of drug-likeness (QED) is 0.486. The van der Waals surface area contributed by atoms with E-state index in [0.29, 0.717) is 11.1 Å². The molecule has 1 aliphatic heterocycles. The second-order valence-electron chi connectivity index (χ2n) is 7.42. The van der Waals surface area contributed by atoms with Crippen molar-refractivity contribution in [2.75, 3.05) is 0 Å². The van der Waals surface area contributed by atoms with E-state index in [4.69, 9.17) is 14.9 Å². The number of nitrogens with two attached hydrogens (primary N) is 1. The number of hydrogen-bond acceptors (Lipinski definition) is 8. The van der Waals surface area contributed by atoms with Gasteiger partial charge in [0, 0.05) is 0 Å². The average Bonchev–Trinajstić information content (AvgIpc) is 3.22. The number of hydrogen-bond donors (Lipinski definition) is 4. The molecule has 10 heteroatoms.